The van der Waals surface area contributed by atoms with E-state index in [0.29, 0.717) is 0 Å². The summed E-state index contributed by atoms with van der Waals surface area (Å²) in [5, 5.41) is 8.94. The molecule has 1 aliphatic rings. The molecular weight excluding hydrogens is 607 g/mol. The zero-order valence-corrected chi connectivity index (χ0v) is 27.4. The molecule has 3 heteroatoms. The first kappa shape index (κ1) is 28.4. The van der Waals surface area contributed by atoms with E-state index in [1.54, 1.807) is 0 Å². The molecule has 3 nitrogen and oxygen atoms in total. The Morgan fingerprint density at radius 1 is 0.400 bits per heavy atom. The van der Waals surface area contributed by atoms with Gasteiger partial charge in [-0.05, 0) is 76.4 Å². The fraction of sp³-hybridized carbons (Fsp3) is 0.0213. The Labute approximate surface area is 290 Å². The van der Waals surface area contributed by atoms with Crippen molar-refractivity contribution in [3.8, 4) is 16.8 Å². The highest BCUT2D eigenvalue weighted by molar-refractivity contribution is 6.12. The maximum absolute atomic E-state index is 3.92. The zero-order chi connectivity index (χ0) is 33.0. The summed E-state index contributed by atoms with van der Waals surface area (Å²) in [4.78, 5) is 0. The molecule has 0 aliphatic carbocycles. The van der Waals surface area contributed by atoms with Crippen molar-refractivity contribution in [1.82, 2.24) is 14.5 Å². The standard InChI is InChI=1S/C47H33N3/c1-4-14-32(15-5-1)36-28-42(33-16-6-2-7-17-33)48-47(31-36)50-44-23-13-11-21-39(44)41-27-25-35(30-46(41)50)34-24-26-40-38-20-10-12-22-43(38)49(45(40)29-34)37-18-8-3-9-19-37/h1-31,47-48H. The monoisotopic (exact) mass is 639 g/mol. The van der Waals surface area contributed by atoms with Gasteiger partial charge in [-0.15, -0.1) is 0 Å². The number of para-hydroxylation sites is 3. The van der Waals surface area contributed by atoms with Gasteiger partial charge in [-0.3, -0.25) is 0 Å². The SMILES string of the molecule is C1=C(c2ccccc2)C=C(c2ccccc2)NC1n1c2ccccc2c2ccc(-c3ccc4c5ccccc5n(-c5ccccc5)c4c3)cc21. The fourth-order valence-electron chi connectivity index (χ4n) is 7.83. The highest BCUT2D eigenvalue weighted by Gasteiger charge is 2.23. The number of nitrogens with zero attached hydrogens (tertiary/aromatic N) is 2. The van der Waals surface area contributed by atoms with Crippen LogP contribution in [0.25, 0.3) is 71.7 Å². The van der Waals surface area contributed by atoms with Crippen molar-refractivity contribution >= 4 is 54.9 Å². The van der Waals surface area contributed by atoms with Crippen LogP contribution in [0.5, 0.6) is 0 Å². The van der Waals surface area contributed by atoms with Crippen molar-refractivity contribution in [2.24, 2.45) is 0 Å². The van der Waals surface area contributed by atoms with Crippen LogP contribution in [0.1, 0.15) is 17.3 Å². The molecule has 0 fully saturated rings. The molecule has 7 aromatic carbocycles. The highest BCUT2D eigenvalue weighted by Crippen LogP contribution is 2.39. The smallest absolute Gasteiger partial charge is 0.124 e. The quantitative estimate of drug-likeness (QED) is 0.199. The summed E-state index contributed by atoms with van der Waals surface area (Å²) in [6.07, 6.45) is 4.54. The van der Waals surface area contributed by atoms with Crippen molar-refractivity contribution in [1.29, 1.82) is 0 Å². The minimum atomic E-state index is -0.105. The number of benzene rings is 7. The van der Waals surface area contributed by atoms with E-state index in [1.807, 2.05) is 0 Å². The Balaban J connectivity index is 1.18. The Bertz CT molecular complexity index is 2770. The first-order chi connectivity index (χ1) is 24.8. The predicted molar refractivity (Wildman–Crippen MR) is 210 cm³/mol. The zero-order valence-electron chi connectivity index (χ0n) is 27.4. The van der Waals surface area contributed by atoms with Gasteiger partial charge in [0.05, 0.1) is 22.1 Å². The third-order valence-corrected chi connectivity index (χ3v) is 10.1. The maximum atomic E-state index is 3.92. The number of allylic oxidation sites excluding steroid dienone is 2. The minimum Gasteiger partial charge on any atom is -0.361 e. The van der Waals surface area contributed by atoms with Gasteiger partial charge < -0.3 is 14.5 Å². The molecule has 2 aromatic heterocycles. The predicted octanol–water partition coefficient (Wildman–Crippen LogP) is 11.8. The summed E-state index contributed by atoms with van der Waals surface area (Å²) in [6, 6.07) is 63.4. The van der Waals surface area contributed by atoms with Crippen LogP contribution in [0, 0.1) is 0 Å². The highest BCUT2D eigenvalue weighted by atomic mass is 15.2. The largest absolute Gasteiger partial charge is 0.361 e. The number of aromatic nitrogens is 2. The first-order valence-electron chi connectivity index (χ1n) is 17.2. The number of nitrogens with one attached hydrogen (secondary N) is 1. The van der Waals surface area contributed by atoms with Crippen LogP contribution in [0.4, 0.5) is 0 Å². The Kier molecular flexibility index (Phi) is 6.56. The van der Waals surface area contributed by atoms with Crippen LogP contribution >= 0.6 is 0 Å². The molecule has 50 heavy (non-hydrogen) atoms. The number of hydrogen-bond acceptors (Lipinski definition) is 1. The lowest BCUT2D eigenvalue weighted by molar-refractivity contribution is 0.591. The summed E-state index contributed by atoms with van der Waals surface area (Å²) in [5.41, 5.74) is 13.1. The number of hydrogen-bond donors (Lipinski definition) is 1. The number of dihydropyridines is 1. The molecule has 1 N–H and O–H groups in total. The van der Waals surface area contributed by atoms with Gasteiger partial charge in [0, 0.05) is 32.9 Å². The second-order valence-electron chi connectivity index (χ2n) is 13.0. The Hall–Kier alpha value is -6.58. The Morgan fingerprint density at radius 3 is 1.62 bits per heavy atom. The molecule has 1 unspecified atom stereocenters. The van der Waals surface area contributed by atoms with Gasteiger partial charge in [-0.2, -0.15) is 0 Å². The van der Waals surface area contributed by atoms with Crippen molar-refractivity contribution in [3.05, 3.63) is 199 Å². The average molecular weight is 640 g/mol. The van der Waals surface area contributed by atoms with Crippen molar-refractivity contribution in [2.45, 2.75) is 6.17 Å². The molecule has 0 amide bonds. The molecule has 0 bridgehead atoms. The summed E-state index contributed by atoms with van der Waals surface area (Å²) < 4.78 is 4.87. The average Bonchev–Trinajstić information content (AvgIpc) is 3.71. The van der Waals surface area contributed by atoms with E-state index in [2.05, 4.69) is 203 Å². The third kappa shape index (κ3) is 4.59. The molecule has 0 spiro atoms. The van der Waals surface area contributed by atoms with Crippen LogP contribution < -0.4 is 5.32 Å². The fourth-order valence-corrected chi connectivity index (χ4v) is 7.83. The van der Waals surface area contributed by atoms with Gasteiger partial charge >= 0.3 is 0 Å². The lowest BCUT2D eigenvalue weighted by atomic mass is 9.98. The summed E-state index contributed by atoms with van der Waals surface area (Å²) in [5.74, 6) is 0. The molecule has 3 heterocycles. The van der Waals surface area contributed by atoms with E-state index in [-0.39, 0.29) is 6.17 Å². The van der Waals surface area contributed by atoms with Gasteiger partial charge in [0.2, 0.25) is 0 Å². The van der Waals surface area contributed by atoms with Gasteiger partial charge in [0.25, 0.3) is 0 Å². The molecule has 9 aromatic rings. The van der Waals surface area contributed by atoms with Gasteiger partial charge in [-0.25, -0.2) is 0 Å². The Morgan fingerprint density at radius 2 is 0.920 bits per heavy atom. The molecule has 10 rings (SSSR count). The molecular formula is C47H33N3. The van der Waals surface area contributed by atoms with Crippen LogP contribution in [0.15, 0.2) is 188 Å². The summed E-state index contributed by atoms with van der Waals surface area (Å²) >= 11 is 0. The maximum Gasteiger partial charge on any atom is 0.124 e. The topological polar surface area (TPSA) is 21.9 Å². The summed E-state index contributed by atoms with van der Waals surface area (Å²) in [6.45, 7) is 0. The van der Waals surface area contributed by atoms with E-state index >= 15 is 0 Å². The number of rotatable bonds is 5. The molecule has 0 radical (unpaired) electrons. The normalized spacial score (nSPS) is 14.6. The van der Waals surface area contributed by atoms with Crippen LogP contribution in [-0.4, -0.2) is 9.13 Å². The van der Waals surface area contributed by atoms with Crippen molar-refractivity contribution in [3.63, 3.8) is 0 Å². The van der Waals surface area contributed by atoms with Gasteiger partial charge in [-0.1, -0.05) is 140 Å². The minimum absolute atomic E-state index is 0.105. The van der Waals surface area contributed by atoms with Gasteiger partial charge in [0.15, 0.2) is 0 Å². The second kappa shape index (κ2) is 11.5. The van der Waals surface area contributed by atoms with E-state index in [0.717, 1.165) is 11.4 Å². The van der Waals surface area contributed by atoms with Crippen molar-refractivity contribution < 1.29 is 0 Å². The molecule has 1 aliphatic heterocycles. The molecule has 236 valence electrons. The van der Waals surface area contributed by atoms with E-state index in [4.69, 9.17) is 0 Å². The molecule has 0 saturated carbocycles. The molecule has 0 saturated heterocycles. The van der Waals surface area contributed by atoms with E-state index < -0.39 is 0 Å². The molecule has 1 atom stereocenters. The first-order valence-corrected chi connectivity index (χ1v) is 17.2. The van der Waals surface area contributed by atoms with Gasteiger partial charge in [0.1, 0.15) is 6.17 Å². The van der Waals surface area contributed by atoms with E-state index in [9.17, 15) is 0 Å². The lowest BCUT2D eigenvalue weighted by Crippen LogP contribution is -2.26. The van der Waals surface area contributed by atoms with Crippen LogP contribution in [0.3, 0.4) is 0 Å². The summed E-state index contributed by atoms with van der Waals surface area (Å²) in [7, 11) is 0. The van der Waals surface area contributed by atoms with Crippen LogP contribution in [0.2, 0.25) is 0 Å². The second-order valence-corrected chi connectivity index (χ2v) is 13.0. The van der Waals surface area contributed by atoms with Crippen molar-refractivity contribution in [2.75, 3.05) is 0 Å². The third-order valence-electron chi connectivity index (χ3n) is 10.1. The van der Waals surface area contributed by atoms with E-state index in [1.165, 1.54) is 71.4 Å². The van der Waals surface area contributed by atoms with Crippen LogP contribution in [-0.2, 0) is 0 Å². The lowest BCUT2D eigenvalue weighted by Gasteiger charge is -2.28. The number of fused-ring (bicyclic) bond motifs is 6.